The zero-order chi connectivity index (χ0) is 13.7. The Hall–Kier alpha value is -1.49. The number of nitrogens with two attached hydrogens (primary N) is 1. The van der Waals surface area contributed by atoms with Crippen molar-refractivity contribution in [3.63, 3.8) is 0 Å². The predicted octanol–water partition coefficient (Wildman–Crippen LogP) is 3.09. The molecule has 0 saturated heterocycles. The number of nitrogens with zero attached hydrogens (tertiary/aromatic N) is 1. The highest BCUT2D eigenvalue weighted by Crippen LogP contribution is 2.11. The molecule has 0 saturated carbocycles. The van der Waals surface area contributed by atoms with Crippen LogP contribution in [0.15, 0.2) is 42.6 Å². The molecule has 0 fully saturated rings. The van der Waals surface area contributed by atoms with E-state index in [1.807, 2.05) is 36.4 Å². The second-order valence-electron chi connectivity index (χ2n) is 4.03. The summed E-state index contributed by atoms with van der Waals surface area (Å²) < 4.78 is 5.63. The number of hydrogen-bond donors (Lipinski definition) is 1. The van der Waals surface area contributed by atoms with E-state index in [1.54, 1.807) is 6.20 Å². The molecule has 1 aromatic heterocycles. The standard InChI is InChI=1S/C14H13ClN2OS/c15-12-3-1-10(2-4-12)8-18-9-11-5-6-17-13(7-11)14(16)19/h1-7H,8-9H2,(H2,16,19). The minimum absolute atomic E-state index is 0.291. The summed E-state index contributed by atoms with van der Waals surface area (Å²) in [5, 5.41) is 0.721. The Labute approximate surface area is 122 Å². The molecule has 0 aliphatic carbocycles. The molecule has 1 aromatic carbocycles. The first-order valence-electron chi connectivity index (χ1n) is 5.72. The van der Waals surface area contributed by atoms with Gasteiger partial charge in [-0.1, -0.05) is 36.0 Å². The van der Waals surface area contributed by atoms with Crippen LogP contribution < -0.4 is 5.73 Å². The van der Waals surface area contributed by atoms with Gasteiger partial charge in [0, 0.05) is 11.2 Å². The minimum Gasteiger partial charge on any atom is -0.388 e. The van der Waals surface area contributed by atoms with E-state index in [0.29, 0.717) is 23.9 Å². The monoisotopic (exact) mass is 292 g/mol. The van der Waals surface area contributed by atoms with E-state index in [2.05, 4.69) is 4.98 Å². The topological polar surface area (TPSA) is 48.1 Å². The average molecular weight is 293 g/mol. The Balaban J connectivity index is 1.90. The maximum Gasteiger partial charge on any atom is 0.122 e. The summed E-state index contributed by atoms with van der Waals surface area (Å²) in [7, 11) is 0. The van der Waals surface area contributed by atoms with Crippen molar-refractivity contribution in [1.82, 2.24) is 4.98 Å². The third kappa shape index (κ3) is 4.28. The van der Waals surface area contributed by atoms with Gasteiger partial charge in [-0.05, 0) is 35.4 Å². The largest absolute Gasteiger partial charge is 0.388 e. The Morgan fingerprint density at radius 2 is 1.84 bits per heavy atom. The van der Waals surface area contributed by atoms with Gasteiger partial charge in [-0.3, -0.25) is 4.98 Å². The van der Waals surface area contributed by atoms with E-state index < -0.39 is 0 Å². The van der Waals surface area contributed by atoms with Gasteiger partial charge >= 0.3 is 0 Å². The van der Waals surface area contributed by atoms with Crippen molar-refractivity contribution in [3.05, 3.63) is 64.4 Å². The number of benzene rings is 1. The summed E-state index contributed by atoms with van der Waals surface area (Å²) in [6.45, 7) is 1.02. The summed E-state index contributed by atoms with van der Waals surface area (Å²) in [5.74, 6) is 0. The number of pyridine rings is 1. The van der Waals surface area contributed by atoms with E-state index in [-0.39, 0.29) is 0 Å². The van der Waals surface area contributed by atoms with Crippen LogP contribution in [-0.4, -0.2) is 9.97 Å². The Kier molecular flexibility index (Phi) is 4.85. The Bertz CT molecular complexity index is 572. The van der Waals surface area contributed by atoms with Gasteiger partial charge in [0.05, 0.1) is 18.9 Å². The fourth-order valence-corrected chi connectivity index (χ4v) is 1.80. The third-order valence-corrected chi connectivity index (χ3v) is 2.99. The van der Waals surface area contributed by atoms with E-state index in [0.717, 1.165) is 16.1 Å². The molecule has 0 spiro atoms. The van der Waals surface area contributed by atoms with E-state index >= 15 is 0 Å². The van der Waals surface area contributed by atoms with Crippen molar-refractivity contribution < 1.29 is 4.74 Å². The lowest BCUT2D eigenvalue weighted by Gasteiger charge is -2.06. The van der Waals surface area contributed by atoms with Crippen LogP contribution in [0.1, 0.15) is 16.8 Å². The summed E-state index contributed by atoms with van der Waals surface area (Å²) in [5.41, 5.74) is 8.21. The summed E-state index contributed by atoms with van der Waals surface area (Å²) in [6.07, 6.45) is 1.68. The first-order valence-corrected chi connectivity index (χ1v) is 6.50. The lowest BCUT2D eigenvalue weighted by molar-refractivity contribution is 0.107. The number of ether oxygens (including phenoxy) is 1. The van der Waals surface area contributed by atoms with Gasteiger partial charge in [0.2, 0.25) is 0 Å². The molecule has 2 rings (SSSR count). The van der Waals surface area contributed by atoms with Crippen LogP contribution in [-0.2, 0) is 18.0 Å². The molecule has 0 radical (unpaired) electrons. The average Bonchev–Trinajstić information content (AvgIpc) is 2.41. The molecule has 0 bridgehead atoms. The molecule has 0 amide bonds. The number of hydrogen-bond acceptors (Lipinski definition) is 3. The van der Waals surface area contributed by atoms with Crippen molar-refractivity contribution in [2.45, 2.75) is 13.2 Å². The molecule has 0 aliphatic heterocycles. The first-order chi connectivity index (χ1) is 9.15. The molecule has 5 heteroatoms. The van der Waals surface area contributed by atoms with Crippen molar-refractivity contribution in [3.8, 4) is 0 Å². The smallest absolute Gasteiger partial charge is 0.122 e. The molecule has 0 atom stereocenters. The van der Waals surface area contributed by atoms with Crippen LogP contribution in [0.2, 0.25) is 5.02 Å². The fraction of sp³-hybridized carbons (Fsp3) is 0.143. The third-order valence-electron chi connectivity index (χ3n) is 2.53. The Morgan fingerprint density at radius 3 is 2.53 bits per heavy atom. The van der Waals surface area contributed by atoms with Crippen molar-refractivity contribution in [2.75, 3.05) is 0 Å². The van der Waals surface area contributed by atoms with Crippen LogP contribution >= 0.6 is 23.8 Å². The molecule has 2 N–H and O–H groups in total. The zero-order valence-corrected chi connectivity index (χ0v) is 11.7. The summed E-state index contributed by atoms with van der Waals surface area (Å²) in [4.78, 5) is 4.37. The van der Waals surface area contributed by atoms with Crippen LogP contribution in [0, 0.1) is 0 Å². The Morgan fingerprint density at radius 1 is 1.16 bits per heavy atom. The maximum atomic E-state index is 5.82. The second kappa shape index (κ2) is 6.61. The first kappa shape index (κ1) is 13.9. The number of thiocarbonyl (C=S) groups is 1. The summed E-state index contributed by atoms with van der Waals surface area (Å²) >= 11 is 10.7. The highest BCUT2D eigenvalue weighted by Gasteiger charge is 2.00. The van der Waals surface area contributed by atoms with Gasteiger partial charge in [0.1, 0.15) is 4.99 Å². The number of halogens is 1. The quantitative estimate of drug-likeness (QED) is 0.860. The van der Waals surface area contributed by atoms with E-state index in [4.69, 9.17) is 34.3 Å². The van der Waals surface area contributed by atoms with Gasteiger partial charge in [0.25, 0.3) is 0 Å². The van der Waals surface area contributed by atoms with Gasteiger partial charge < -0.3 is 10.5 Å². The molecule has 0 unspecified atom stereocenters. The summed E-state index contributed by atoms with van der Waals surface area (Å²) in [6, 6.07) is 11.3. The lowest BCUT2D eigenvalue weighted by Crippen LogP contribution is -2.11. The second-order valence-corrected chi connectivity index (χ2v) is 4.91. The van der Waals surface area contributed by atoms with Crippen LogP contribution in [0.5, 0.6) is 0 Å². The molecule has 3 nitrogen and oxygen atoms in total. The molecule has 98 valence electrons. The van der Waals surface area contributed by atoms with Gasteiger partial charge in [-0.25, -0.2) is 0 Å². The van der Waals surface area contributed by atoms with Crippen molar-refractivity contribution >= 4 is 28.8 Å². The van der Waals surface area contributed by atoms with Gasteiger partial charge in [0.15, 0.2) is 0 Å². The normalized spacial score (nSPS) is 10.4. The predicted molar refractivity (Wildman–Crippen MR) is 80.1 cm³/mol. The molecule has 19 heavy (non-hydrogen) atoms. The molecular weight excluding hydrogens is 280 g/mol. The number of rotatable bonds is 5. The van der Waals surface area contributed by atoms with Crippen molar-refractivity contribution in [1.29, 1.82) is 0 Å². The van der Waals surface area contributed by atoms with Crippen LogP contribution in [0.25, 0.3) is 0 Å². The lowest BCUT2D eigenvalue weighted by atomic mass is 10.2. The van der Waals surface area contributed by atoms with Gasteiger partial charge in [-0.2, -0.15) is 0 Å². The minimum atomic E-state index is 0.291. The van der Waals surface area contributed by atoms with Gasteiger partial charge in [-0.15, -0.1) is 0 Å². The van der Waals surface area contributed by atoms with Crippen molar-refractivity contribution in [2.24, 2.45) is 5.73 Å². The maximum absolute atomic E-state index is 5.82. The zero-order valence-electron chi connectivity index (χ0n) is 10.2. The molecule has 2 aromatic rings. The molecular formula is C14H13ClN2OS. The van der Waals surface area contributed by atoms with E-state index in [1.165, 1.54) is 0 Å². The molecule has 0 aliphatic rings. The molecule has 1 heterocycles. The highest BCUT2D eigenvalue weighted by atomic mass is 35.5. The van der Waals surface area contributed by atoms with Crippen LogP contribution in [0.3, 0.4) is 0 Å². The number of aromatic nitrogens is 1. The SMILES string of the molecule is NC(=S)c1cc(COCc2ccc(Cl)cc2)ccn1. The highest BCUT2D eigenvalue weighted by molar-refractivity contribution is 7.80. The fourth-order valence-electron chi connectivity index (χ4n) is 1.57. The van der Waals surface area contributed by atoms with Crippen LogP contribution in [0.4, 0.5) is 0 Å². The van der Waals surface area contributed by atoms with E-state index in [9.17, 15) is 0 Å².